The predicted octanol–water partition coefficient (Wildman–Crippen LogP) is -0.180. The first kappa shape index (κ1) is 10.8. The number of ether oxygens (including phenoxy) is 1. The van der Waals surface area contributed by atoms with E-state index in [1.165, 1.54) is 18.8 Å². The van der Waals surface area contributed by atoms with Crippen LogP contribution in [0.4, 0.5) is 0 Å². The molecule has 1 heterocycles. The average molecular weight is 201 g/mol. The summed E-state index contributed by atoms with van der Waals surface area (Å²) in [5.41, 5.74) is -0.802. The minimum absolute atomic E-state index is 0.379. The lowest BCUT2D eigenvalue weighted by atomic mass is 10.3. The third-order valence-corrected chi connectivity index (χ3v) is 2.11. The minimum atomic E-state index is -0.423. The highest BCUT2D eigenvalue weighted by Crippen LogP contribution is 2.09. The number of nitrogens with one attached hydrogen (secondary N) is 1. The summed E-state index contributed by atoms with van der Waals surface area (Å²) < 4.78 is 7.34. The van der Waals surface area contributed by atoms with Gasteiger partial charge in [-0.1, -0.05) is 13.3 Å². The van der Waals surface area contributed by atoms with Gasteiger partial charge in [-0.15, -0.1) is 0 Å². The Hall–Kier alpha value is -1.30. The lowest BCUT2D eigenvalue weighted by molar-refractivity contribution is 0.0228. The fourth-order valence-corrected chi connectivity index (χ4v) is 1.27. The summed E-state index contributed by atoms with van der Waals surface area (Å²) in [6, 6.07) is 0. The summed E-state index contributed by atoms with van der Waals surface area (Å²) >= 11 is 0. The summed E-state index contributed by atoms with van der Waals surface area (Å²) in [6.45, 7) is 1.98. The van der Waals surface area contributed by atoms with Gasteiger partial charge in [0.2, 0.25) is 0 Å². The molecule has 0 spiro atoms. The van der Waals surface area contributed by atoms with Gasteiger partial charge in [-0.3, -0.25) is 0 Å². The van der Waals surface area contributed by atoms with Gasteiger partial charge in [0.1, 0.15) is 0 Å². The van der Waals surface area contributed by atoms with E-state index < -0.39 is 5.69 Å². The van der Waals surface area contributed by atoms with Crippen LogP contribution in [-0.4, -0.2) is 21.5 Å². The lowest BCUT2D eigenvalue weighted by Gasteiger charge is -2.13. The lowest BCUT2D eigenvalue weighted by Crippen LogP contribution is -2.28. The Labute approximate surface area is 81.1 Å². The van der Waals surface area contributed by atoms with E-state index in [9.17, 15) is 9.59 Å². The van der Waals surface area contributed by atoms with Crippen LogP contribution in [0.2, 0.25) is 0 Å². The molecule has 1 unspecified atom stereocenters. The van der Waals surface area contributed by atoms with E-state index in [1.54, 1.807) is 0 Å². The van der Waals surface area contributed by atoms with Crippen LogP contribution in [0.25, 0.3) is 0 Å². The highest BCUT2D eigenvalue weighted by atomic mass is 16.5. The van der Waals surface area contributed by atoms with Crippen molar-refractivity contribution in [3.63, 3.8) is 0 Å². The molecule has 0 bridgehead atoms. The highest BCUT2D eigenvalue weighted by Gasteiger charge is 2.14. The second kappa shape index (κ2) is 4.28. The first-order valence-corrected chi connectivity index (χ1v) is 4.52. The van der Waals surface area contributed by atoms with E-state index in [0.29, 0.717) is 6.42 Å². The normalized spacial score (nSPS) is 13.1. The number of nitrogens with zero attached hydrogens (tertiary/aromatic N) is 2. The molecule has 80 valence electrons. The van der Waals surface area contributed by atoms with Crippen LogP contribution >= 0.6 is 0 Å². The van der Waals surface area contributed by atoms with Crippen molar-refractivity contribution < 1.29 is 4.74 Å². The predicted molar refractivity (Wildman–Crippen MR) is 51.2 cm³/mol. The van der Waals surface area contributed by atoms with Gasteiger partial charge in [0.25, 0.3) is 0 Å². The number of aromatic amines is 1. The number of aromatic nitrogens is 3. The van der Waals surface area contributed by atoms with Crippen molar-refractivity contribution in [2.75, 3.05) is 7.11 Å². The zero-order valence-corrected chi connectivity index (χ0v) is 8.61. The third-order valence-electron chi connectivity index (χ3n) is 2.11. The fraction of sp³-hybridized carbons (Fsp3) is 0.750. The topological polar surface area (TPSA) is 69.0 Å². The smallest absolute Gasteiger partial charge is 0.349 e. The van der Waals surface area contributed by atoms with Crippen molar-refractivity contribution in [3.05, 3.63) is 21.0 Å². The van der Waals surface area contributed by atoms with Crippen LogP contribution in [0.15, 0.2) is 9.59 Å². The van der Waals surface area contributed by atoms with E-state index >= 15 is 0 Å². The molecule has 0 fully saturated rings. The summed E-state index contributed by atoms with van der Waals surface area (Å²) in [5, 5.41) is 2.44. The van der Waals surface area contributed by atoms with Crippen molar-refractivity contribution in [2.45, 2.75) is 26.0 Å². The van der Waals surface area contributed by atoms with Gasteiger partial charge in [0, 0.05) is 14.2 Å². The maximum Gasteiger partial charge on any atom is 0.349 e. The van der Waals surface area contributed by atoms with Gasteiger partial charge in [0.05, 0.1) is 0 Å². The Kier molecular flexibility index (Phi) is 3.29. The minimum Gasteiger partial charge on any atom is -0.360 e. The molecule has 1 atom stereocenters. The Bertz CT molecular complexity index is 401. The van der Waals surface area contributed by atoms with E-state index in [-0.39, 0.29) is 11.9 Å². The van der Waals surface area contributed by atoms with Crippen LogP contribution < -0.4 is 11.4 Å². The van der Waals surface area contributed by atoms with Crippen LogP contribution in [-0.2, 0) is 11.8 Å². The number of hydrogen-bond donors (Lipinski definition) is 1. The zero-order chi connectivity index (χ0) is 10.7. The fourth-order valence-electron chi connectivity index (χ4n) is 1.27. The molecule has 0 aliphatic carbocycles. The standard InChI is InChI=1S/C8H15N3O3/c1-4-5-6(14-3)11-8(13)10(2)7(12)9-11/h6H,4-5H2,1-3H3,(H,9,12). The quantitative estimate of drug-likeness (QED) is 0.734. The van der Waals surface area contributed by atoms with E-state index in [0.717, 1.165) is 11.0 Å². The molecule has 0 saturated carbocycles. The molecule has 0 aliphatic heterocycles. The van der Waals surface area contributed by atoms with Gasteiger partial charge < -0.3 is 4.74 Å². The van der Waals surface area contributed by atoms with E-state index in [1.807, 2.05) is 6.92 Å². The van der Waals surface area contributed by atoms with Crippen molar-refractivity contribution in [2.24, 2.45) is 7.05 Å². The van der Waals surface area contributed by atoms with Gasteiger partial charge in [-0.05, 0) is 6.42 Å². The Morgan fingerprint density at radius 1 is 1.50 bits per heavy atom. The van der Waals surface area contributed by atoms with Crippen molar-refractivity contribution >= 4 is 0 Å². The Morgan fingerprint density at radius 3 is 2.50 bits per heavy atom. The molecule has 0 saturated heterocycles. The summed E-state index contributed by atoms with van der Waals surface area (Å²) in [5.74, 6) is 0. The molecule has 1 N–H and O–H groups in total. The second-order valence-corrected chi connectivity index (χ2v) is 3.11. The second-order valence-electron chi connectivity index (χ2n) is 3.11. The first-order valence-electron chi connectivity index (χ1n) is 4.52. The maximum absolute atomic E-state index is 11.5. The average Bonchev–Trinajstić information content (AvgIpc) is 2.42. The van der Waals surface area contributed by atoms with Crippen LogP contribution in [0.3, 0.4) is 0 Å². The molecule has 0 aliphatic rings. The molecule has 0 aromatic carbocycles. The van der Waals surface area contributed by atoms with Gasteiger partial charge in [0.15, 0.2) is 6.23 Å². The van der Waals surface area contributed by atoms with Crippen LogP contribution in [0, 0.1) is 0 Å². The molecule has 6 nitrogen and oxygen atoms in total. The number of H-pyrrole nitrogens is 1. The third kappa shape index (κ3) is 1.79. The van der Waals surface area contributed by atoms with Crippen molar-refractivity contribution in [3.8, 4) is 0 Å². The highest BCUT2D eigenvalue weighted by molar-refractivity contribution is 4.69. The van der Waals surface area contributed by atoms with Crippen LogP contribution in [0.5, 0.6) is 0 Å². The molecular weight excluding hydrogens is 186 g/mol. The SMILES string of the molecule is CCCC(OC)n1[nH]c(=O)n(C)c1=O. The number of hydrogen-bond acceptors (Lipinski definition) is 3. The number of rotatable bonds is 4. The molecule has 0 amide bonds. The molecule has 1 aromatic rings. The van der Waals surface area contributed by atoms with Crippen molar-refractivity contribution in [1.82, 2.24) is 14.3 Å². The molecular formula is C8H15N3O3. The molecule has 6 heteroatoms. The van der Waals surface area contributed by atoms with Crippen LogP contribution in [0.1, 0.15) is 26.0 Å². The monoisotopic (exact) mass is 201 g/mol. The largest absolute Gasteiger partial charge is 0.360 e. The number of methoxy groups -OCH3 is 1. The molecule has 1 aromatic heterocycles. The van der Waals surface area contributed by atoms with E-state index in [2.05, 4.69) is 5.10 Å². The van der Waals surface area contributed by atoms with Gasteiger partial charge in [-0.2, -0.15) is 0 Å². The van der Waals surface area contributed by atoms with E-state index in [4.69, 9.17) is 4.74 Å². The Morgan fingerprint density at radius 2 is 2.14 bits per heavy atom. The summed E-state index contributed by atoms with van der Waals surface area (Å²) in [6.07, 6.45) is 1.18. The van der Waals surface area contributed by atoms with Gasteiger partial charge >= 0.3 is 11.4 Å². The first-order chi connectivity index (χ1) is 6.61. The molecule has 0 radical (unpaired) electrons. The van der Waals surface area contributed by atoms with Crippen molar-refractivity contribution in [1.29, 1.82) is 0 Å². The molecule has 14 heavy (non-hydrogen) atoms. The summed E-state index contributed by atoms with van der Waals surface area (Å²) in [7, 11) is 2.94. The maximum atomic E-state index is 11.5. The Balaban J connectivity index is 3.11. The molecule has 1 rings (SSSR count). The zero-order valence-electron chi connectivity index (χ0n) is 8.61. The summed E-state index contributed by atoms with van der Waals surface area (Å²) in [4.78, 5) is 22.6. The van der Waals surface area contributed by atoms with Gasteiger partial charge in [-0.25, -0.2) is 23.9 Å².